The summed E-state index contributed by atoms with van der Waals surface area (Å²) in [4.78, 5) is 12.4. The maximum Gasteiger partial charge on any atom is 0.227 e. The van der Waals surface area contributed by atoms with Crippen LogP contribution in [-0.4, -0.2) is 26.7 Å². The van der Waals surface area contributed by atoms with Crippen molar-refractivity contribution in [2.75, 3.05) is 5.32 Å². The molecule has 7 heteroatoms. The fourth-order valence-electron chi connectivity index (χ4n) is 2.97. The van der Waals surface area contributed by atoms with Gasteiger partial charge in [0.2, 0.25) is 5.91 Å². The Hall–Kier alpha value is -1.92. The normalized spacial score (nSPS) is 20.1. The number of nitrogens with zero attached hydrogens (tertiary/aromatic N) is 3. The van der Waals surface area contributed by atoms with Crippen molar-refractivity contribution in [1.29, 1.82) is 0 Å². The van der Waals surface area contributed by atoms with Crippen molar-refractivity contribution in [2.45, 2.75) is 38.8 Å². The van der Waals surface area contributed by atoms with Gasteiger partial charge < -0.3 is 15.6 Å². The number of para-hydroxylation sites is 1. The lowest BCUT2D eigenvalue weighted by Crippen LogP contribution is -2.23. The van der Waals surface area contributed by atoms with Gasteiger partial charge in [-0.2, -0.15) is 0 Å². The molecule has 0 aliphatic heterocycles. The standard InChI is InChI=1S/C16H21N5O.ClH/c1-2-21-10-18-20-15(21)13-5-3-4-6-14(13)19-16(22)11-7-8-12(17)9-11;/h3-6,10-12H,2,7-9,17H2,1H3,(H,19,22);1H. The molecule has 0 radical (unpaired) electrons. The number of carbonyl (C=O) groups is 1. The maximum absolute atomic E-state index is 12.4. The van der Waals surface area contributed by atoms with E-state index in [0.717, 1.165) is 42.9 Å². The van der Waals surface area contributed by atoms with Crippen LogP contribution in [0.25, 0.3) is 11.4 Å². The molecule has 1 aliphatic rings. The molecule has 0 spiro atoms. The molecule has 1 heterocycles. The first-order valence-electron chi connectivity index (χ1n) is 7.72. The van der Waals surface area contributed by atoms with Crippen LogP contribution in [0, 0.1) is 5.92 Å². The summed E-state index contributed by atoms with van der Waals surface area (Å²) >= 11 is 0. The number of hydrogen-bond acceptors (Lipinski definition) is 4. The molecule has 0 bridgehead atoms. The van der Waals surface area contributed by atoms with Gasteiger partial charge in [0.05, 0.1) is 5.69 Å². The van der Waals surface area contributed by atoms with Gasteiger partial charge >= 0.3 is 0 Å². The summed E-state index contributed by atoms with van der Waals surface area (Å²) in [5.74, 6) is 0.816. The zero-order valence-corrected chi connectivity index (χ0v) is 13.9. The number of halogens is 1. The molecule has 1 saturated carbocycles. The molecule has 6 nitrogen and oxygen atoms in total. The van der Waals surface area contributed by atoms with Gasteiger partial charge in [-0.25, -0.2) is 0 Å². The Kier molecular flexibility index (Phi) is 5.74. The van der Waals surface area contributed by atoms with Crippen LogP contribution >= 0.6 is 12.4 Å². The van der Waals surface area contributed by atoms with Gasteiger partial charge in [0.1, 0.15) is 6.33 Å². The number of aromatic nitrogens is 3. The average molecular weight is 336 g/mol. The first-order chi connectivity index (χ1) is 10.7. The quantitative estimate of drug-likeness (QED) is 0.898. The lowest BCUT2D eigenvalue weighted by Gasteiger charge is -2.14. The summed E-state index contributed by atoms with van der Waals surface area (Å²) in [6.07, 6.45) is 4.24. The van der Waals surface area contributed by atoms with E-state index in [2.05, 4.69) is 15.5 Å². The number of nitrogens with two attached hydrogens (primary N) is 1. The zero-order valence-electron chi connectivity index (χ0n) is 13.1. The van der Waals surface area contributed by atoms with E-state index < -0.39 is 0 Å². The van der Waals surface area contributed by atoms with Gasteiger partial charge in [0, 0.05) is 24.1 Å². The third-order valence-electron chi connectivity index (χ3n) is 4.23. The van der Waals surface area contributed by atoms with Gasteiger partial charge in [0.15, 0.2) is 5.82 Å². The van der Waals surface area contributed by atoms with Gasteiger partial charge in [0.25, 0.3) is 0 Å². The van der Waals surface area contributed by atoms with Gasteiger partial charge in [-0.3, -0.25) is 4.79 Å². The van der Waals surface area contributed by atoms with Crippen LogP contribution in [0.1, 0.15) is 26.2 Å². The lowest BCUT2D eigenvalue weighted by molar-refractivity contribution is -0.119. The molecule has 2 unspecified atom stereocenters. The highest BCUT2D eigenvalue weighted by Gasteiger charge is 2.28. The Labute approximate surface area is 141 Å². The highest BCUT2D eigenvalue weighted by atomic mass is 35.5. The van der Waals surface area contributed by atoms with Crippen molar-refractivity contribution >= 4 is 24.0 Å². The van der Waals surface area contributed by atoms with E-state index >= 15 is 0 Å². The minimum absolute atomic E-state index is 0. The number of hydrogen-bond donors (Lipinski definition) is 2. The van der Waals surface area contributed by atoms with Crippen LogP contribution in [0.5, 0.6) is 0 Å². The summed E-state index contributed by atoms with van der Waals surface area (Å²) in [6, 6.07) is 7.84. The minimum Gasteiger partial charge on any atom is -0.328 e. The van der Waals surface area contributed by atoms with Crippen LogP contribution in [0.15, 0.2) is 30.6 Å². The number of anilines is 1. The second-order valence-corrected chi connectivity index (χ2v) is 5.75. The van der Waals surface area contributed by atoms with Crippen molar-refractivity contribution in [2.24, 2.45) is 11.7 Å². The predicted molar refractivity (Wildman–Crippen MR) is 92.3 cm³/mol. The number of aryl methyl sites for hydroxylation is 1. The highest BCUT2D eigenvalue weighted by molar-refractivity contribution is 5.96. The first kappa shape index (κ1) is 17.4. The smallest absolute Gasteiger partial charge is 0.227 e. The van der Waals surface area contributed by atoms with E-state index in [4.69, 9.17) is 5.73 Å². The largest absolute Gasteiger partial charge is 0.328 e. The Bertz CT molecular complexity index is 672. The van der Waals surface area contributed by atoms with E-state index in [1.807, 2.05) is 35.8 Å². The third kappa shape index (κ3) is 3.71. The second-order valence-electron chi connectivity index (χ2n) is 5.75. The SMILES string of the molecule is CCn1cnnc1-c1ccccc1NC(=O)C1CCC(N)C1.Cl. The van der Waals surface area contributed by atoms with Crippen LogP contribution in [0.3, 0.4) is 0 Å². The van der Waals surface area contributed by atoms with Gasteiger partial charge in [-0.05, 0) is 38.3 Å². The molecular weight excluding hydrogens is 314 g/mol. The molecule has 1 fully saturated rings. The van der Waals surface area contributed by atoms with Crippen LogP contribution in [0.4, 0.5) is 5.69 Å². The van der Waals surface area contributed by atoms with E-state index in [1.54, 1.807) is 6.33 Å². The van der Waals surface area contributed by atoms with Gasteiger partial charge in [-0.1, -0.05) is 12.1 Å². The molecule has 3 rings (SSSR count). The summed E-state index contributed by atoms with van der Waals surface area (Å²) in [6.45, 7) is 2.82. The van der Waals surface area contributed by atoms with Crippen LogP contribution in [-0.2, 0) is 11.3 Å². The Morgan fingerprint density at radius 1 is 1.39 bits per heavy atom. The molecule has 124 valence electrons. The van der Waals surface area contributed by atoms with Crippen molar-refractivity contribution in [3.8, 4) is 11.4 Å². The molecule has 1 amide bonds. The molecule has 23 heavy (non-hydrogen) atoms. The summed E-state index contributed by atoms with van der Waals surface area (Å²) < 4.78 is 1.95. The molecular formula is C16H22ClN5O. The van der Waals surface area contributed by atoms with E-state index in [9.17, 15) is 4.79 Å². The Morgan fingerprint density at radius 2 is 2.17 bits per heavy atom. The molecule has 1 aliphatic carbocycles. The number of carbonyl (C=O) groups excluding carboxylic acids is 1. The summed E-state index contributed by atoms with van der Waals surface area (Å²) in [5, 5.41) is 11.2. The van der Waals surface area contributed by atoms with Gasteiger partial charge in [-0.15, -0.1) is 22.6 Å². The second kappa shape index (κ2) is 7.57. The molecule has 3 N–H and O–H groups in total. The van der Waals surface area contributed by atoms with E-state index in [1.165, 1.54) is 0 Å². The monoisotopic (exact) mass is 335 g/mol. The van der Waals surface area contributed by atoms with Crippen molar-refractivity contribution < 1.29 is 4.79 Å². The summed E-state index contributed by atoms with van der Waals surface area (Å²) in [5.41, 5.74) is 7.56. The fraction of sp³-hybridized carbons (Fsp3) is 0.438. The zero-order chi connectivity index (χ0) is 15.5. The van der Waals surface area contributed by atoms with E-state index in [0.29, 0.717) is 0 Å². The highest BCUT2D eigenvalue weighted by Crippen LogP contribution is 2.29. The van der Waals surface area contributed by atoms with Crippen LogP contribution in [0.2, 0.25) is 0 Å². The number of benzene rings is 1. The molecule has 0 saturated heterocycles. The van der Waals surface area contributed by atoms with E-state index in [-0.39, 0.29) is 30.3 Å². The van der Waals surface area contributed by atoms with Crippen molar-refractivity contribution in [1.82, 2.24) is 14.8 Å². The minimum atomic E-state index is 0. The lowest BCUT2D eigenvalue weighted by atomic mass is 10.1. The number of nitrogens with one attached hydrogen (secondary N) is 1. The predicted octanol–water partition coefficient (Wildman–Crippen LogP) is 2.45. The van der Waals surface area contributed by atoms with Crippen molar-refractivity contribution in [3.63, 3.8) is 0 Å². The molecule has 2 atom stereocenters. The Balaban J connectivity index is 0.00000192. The maximum atomic E-state index is 12.4. The van der Waals surface area contributed by atoms with Crippen molar-refractivity contribution in [3.05, 3.63) is 30.6 Å². The number of rotatable bonds is 4. The fourth-order valence-corrected chi connectivity index (χ4v) is 2.97. The number of amides is 1. The Morgan fingerprint density at radius 3 is 2.87 bits per heavy atom. The van der Waals surface area contributed by atoms with Crippen LogP contribution < -0.4 is 11.1 Å². The first-order valence-corrected chi connectivity index (χ1v) is 7.72. The third-order valence-corrected chi connectivity index (χ3v) is 4.23. The topological polar surface area (TPSA) is 85.8 Å². The molecule has 1 aromatic carbocycles. The summed E-state index contributed by atoms with van der Waals surface area (Å²) in [7, 11) is 0. The average Bonchev–Trinajstić information content (AvgIpc) is 3.16. The molecule has 2 aromatic rings. The molecule has 1 aromatic heterocycles.